The van der Waals surface area contributed by atoms with E-state index < -0.39 is 12.2 Å². The van der Waals surface area contributed by atoms with Crippen LogP contribution in [0.2, 0.25) is 0 Å². The highest BCUT2D eigenvalue weighted by Crippen LogP contribution is 2.30. The van der Waals surface area contributed by atoms with Crippen LogP contribution in [0.1, 0.15) is 29.3 Å². The molecule has 0 saturated carbocycles. The molecule has 2 N–H and O–H groups in total. The number of nitrogen functional groups attached to an aromatic ring is 1. The Hall–Kier alpha value is -0.970. The van der Waals surface area contributed by atoms with E-state index in [9.17, 15) is 13.6 Å². The Balaban J connectivity index is 3.39. The smallest absolute Gasteiger partial charge is 0.264 e. The molecule has 1 aromatic carbocycles. The van der Waals surface area contributed by atoms with Gasteiger partial charge >= 0.3 is 0 Å². The van der Waals surface area contributed by atoms with Gasteiger partial charge in [0.05, 0.1) is 0 Å². The van der Waals surface area contributed by atoms with Gasteiger partial charge in [-0.25, -0.2) is 8.78 Å². The van der Waals surface area contributed by atoms with Gasteiger partial charge in [0, 0.05) is 21.3 Å². The maximum Gasteiger partial charge on any atom is 0.264 e. The molecule has 0 atom stereocenters. The summed E-state index contributed by atoms with van der Waals surface area (Å²) in [6, 6.07) is 2.44. The van der Waals surface area contributed by atoms with E-state index in [4.69, 9.17) is 5.73 Å². The molecule has 1 rings (SSSR count). The van der Waals surface area contributed by atoms with Crippen molar-refractivity contribution in [3.05, 3.63) is 27.7 Å². The summed E-state index contributed by atoms with van der Waals surface area (Å²) >= 11 is 3.03. The lowest BCUT2D eigenvalue weighted by atomic mass is 10.0. The molecule has 0 aromatic heterocycles. The average molecular weight is 264 g/mol. The minimum atomic E-state index is -2.68. The number of halogens is 3. The van der Waals surface area contributed by atoms with E-state index in [0.29, 0.717) is 4.47 Å². The van der Waals surface area contributed by atoms with Gasteiger partial charge in [-0.1, -0.05) is 0 Å². The van der Waals surface area contributed by atoms with Gasteiger partial charge in [-0.05, 0) is 35.0 Å². The third-order valence-electron chi connectivity index (χ3n) is 1.78. The number of Topliss-reactive ketones (excluding diaryl/α,β-unsaturated/α-hetero) is 1. The van der Waals surface area contributed by atoms with Crippen LogP contribution in [0.5, 0.6) is 0 Å². The molecule has 2 nitrogen and oxygen atoms in total. The minimum Gasteiger partial charge on any atom is -0.398 e. The molecule has 0 radical (unpaired) electrons. The third-order valence-corrected chi connectivity index (χ3v) is 2.47. The first-order valence-corrected chi connectivity index (χ1v) is 4.60. The summed E-state index contributed by atoms with van der Waals surface area (Å²) in [5, 5.41) is 0. The van der Waals surface area contributed by atoms with Crippen LogP contribution in [0.25, 0.3) is 0 Å². The molecule has 0 spiro atoms. The van der Waals surface area contributed by atoms with Crippen LogP contribution in [0, 0.1) is 0 Å². The monoisotopic (exact) mass is 263 g/mol. The molecule has 0 aliphatic carbocycles. The van der Waals surface area contributed by atoms with Crippen molar-refractivity contribution in [1.29, 1.82) is 0 Å². The van der Waals surface area contributed by atoms with Crippen LogP contribution in [0.3, 0.4) is 0 Å². The number of hydrogen-bond acceptors (Lipinski definition) is 2. The Morgan fingerprint density at radius 1 is 1.50 bits per heavy atom. The maximum absolute atomic E-state index is 12.5. The first-order valence-electron chi connectivity index (χ1n) is 3.81. The van der Waals surface area contributed by atoms with Crippen LogP contribution < -0.4 is 5.73 Å². The van der Waals surface area contributed by atoms with Crippen molar-refractivity contribution < 1.29 is 13.6 Å². The molecule has 0 aliphatic heterocycles. The Bertz CT molecular complexity index is 379. The van der Waals surface area contributed by atoms with Crippen LogP contribution in [0.4, 0.5) is 14.5 Å². The summed E-state index contributed by atoms with van der Waals surface area (Å²) in [6.07, 6.45) is -2.68. The van der Waals surface area contributed by atoms with Crippen molar-refractivity contribution in [2.24, 2.45) is 0 Å². The largest absolute Gasteiger partial charge is 0.398 e. The second-order valence-corrected chi connectivity index (χ2v) is 3.67. The standard InChI is InChI=1S/C9H8BrF2NO/c1-4(14)5-3-8(13)7(10)2-6(5)9(11)12/h2-3,9H,13H2,1H3. The van der Waals surface area contributed by atoms with Crippen molar-refractivity contribution >= 4 is 27.4 Å². The molecule has 5 heteroatoms. The summed E-state index contributed by atoms with van der Waals surface area (Å²) in [6.45, 7) is 1.23. The van der Waals surface area contributed by atoms with Crippen molar-refractivity contribution in [2.45, 2.75) is 13.3 Å². The highest BCUT2D eigenvalue weighted by Gasteiger charge is 2.17. The van der Waals surface area contributed by atoms with Gasteiger partial charge in [-0.2, -0.15) is 0 Å². The molecule has 0 unspecified atom stereocenters. The van der Waals surface area contributed by atoms with Gasteiger partial charge in [0.2, 0.25) is 0 Å². The average Bonchev–Trinajstić information content (AvgIpc) is 2.08. The summed E-state index contributed by atoms with van der Waals surface area (Å²) in [5.41, 5.74) is 5.44. The molecule has 0 bridgehead atoms. The Labute approximate surface area is 88.2 Å². The number of anilines is 1. The molecule has 76 valence electrons. The Morgan fingerprint density at radius 2 is 2.07 bits per heavy atom. The van der Waals surface area contributed by atoms with E-state index in [-0.39, 0.29) is 16.8 Å². The highest BCUT2D eigenvalue weighted by molar-refractivity contribution is 9.10. The topological polar surface area (TPSA) is 43.1 Å². The number of benzene rings is 1. The second-order valence-electron chi connectivity index (χ2n) is 2.82. The predicted octanol–water partition coefficient (Wildman–Crippen LogP) is 3.17. The number of carbonyl (C=O) groups excluding carboxylic acids is 1. The normalized spacial score (nSPS) is 10.6. The number of alkyl halides is 2. The van der Waals surface area contributed by atoms with E-state index in [1.807, 2.05) is 0 Å². The van der Waals surface area contributed by atoms with E-state index in [1.165, 1.54) is 19.1 Å². The van der Waals surface area contributed by atoms with Gasteiger partial charge < -0.3 is 5.73 Å². The molecule has 0 amide bonds. The fourth-order valence-electron chi connectivity index (χ4n) is 1.09. The molecule has 0 fully saturated rings. The summed E-state index contributed by atoms with van der Waals surface area (Å²) in [4.78, 5) is 11.0. The predicted molar refractivity (Wildman–Crippen MR) is 53.5 cm³/mol. The lowest BCUT2D eigenvalue weighted by Crippen LogP contribution is -2.02. The zero-order valence-corrected chi connectivity index (χ0v) is 8.94. The zero-order chi connectivity index (χ0) is 10.9. The third kappa shape index (κ3) is 2.09. The van der Waals surface area contributed by atoms with Crippen LogP contribution >= 0.6 is 15.9 Å². The maximum atomic E-state index is 12.5. The molecular weight excluding hydrogens is 256 g/mol. The highest BCUT2D eigenvalue weighted by atomic mass is 79.9. The number of nitrogens with two attached hydrogens (primary N) is 1. The van der Waals surface area contributed by atoms with Crippen LogP contribution in [-0.4, -0.2) is 5.78 Å². The van der Waals surface area contributed by atoms with Crippen molar-refractivity contribution in [2.75, 3.05) is 5.73 Å². The van der Waals surface area contributed by atoms with Crippen molar-refractivity contribution in [1.82, 2.24) is 0 Å². The summed E-state index contributed by atoms with van der Waals surface area (Å²) in [5.74, 6) is -0.417. The summed E-state index contributed by atoms with van der Waals surface area (Å²) in [7, 11) is 0. The van der Waals surface area contributed by atoms with E-state index in [1.54, 1.807) is 0 Å². The molecule has 14 heavy (non-hydrogen) atoms. The lowest BCUT2D eigenvalue weighted by Gasteiger charge is -2.08. The number of ketones is 1. The van der Waals surface area contributed by atoms with Crippen molar-refractivity contribution in [3.8, 4) is 0 Å². The van der Waals surface area contributed by atoms with Gasteiger partial charge in [-0.3, -0.25) is 4.79 Å². The molecule has 0 aliphatic rings. The minimum absolute atomic E-state index is 0.0271. The first kappa shape index (κ1) is 11.1. The first-order chi connectivity index (χ1) is 6.43. The zero-order valence-electron chi connectivity index (χ0n) is 7.35. The molecule has 1 aromatic rings. The van der Waals surface area contributed by atoms with Gasteiger partial charge in [0.15, 0.2) is 5.78 Å². The number of rotatable bonds is 2. The van der Waals surface area contributed by atoms with Crippen molar-refractivity contribution in [3.63, 3.8) is 0 Å². The van der Waals surface area contributed by atoms with Gasteiger partial charge in [0.1, 0.15) is 0 Å². The lowest BCUT2D eigenvalue weighted by molar-refractivity contribution is 0.0999. The Kier molecular flexibility index (Phi) is 3.21. The summed E-state index contributed by atoms with van der Waals surface area (Å²) < 4.78 is 25.3. The van der Waals surface area contributed by atoms with E-state index in [0.717, 1.165) is 0 Å². The fourth-order valence-corrected chi connectivity index (χ4v) is 1.45. The Morgan fingerprint density at radius 3 is 2.50 bits per heavy atom. The molecule has 0 saturated heterocycles. The van der Waals surface area contributed by atoms with Gasteiger partial charge in [0.25, 0.3) is 6.43 Å². The van der Waals surface area contributed by atoms with Gasteiger partial charge in [-0.15, -0.1) is 0 Å². The molecular formula is C9H8BrF2NO. The number of hydrogen-bond donors (Lipinski definition) is 1. The van der Waals surface area contributed by atoms with Crippen LogP contribution in [-0.2, 0) is 0 Å². The van der Waals surface area contributed by atoms with E-state index in [2.05, 4.69) is 15.9 Å². The second kappa shape index (κ2) is 4.04. The van der Waals surface area contributed by atoms with E-state index >= 15 is 0 Å². The quantitative estimate of drug-likeness (QED) is 0.658. The van der Waals surface area contributed by atoms with Crippen LogP contribution in [0.15, 0.2) is 16.6 Å². The fraction of sp³-hybridized carbons (Fsp3) is 0.222. The SMILES string of the molecule is CC(=O)c1cc(N)c(Br)cc1C(F)F. The molecule has 0 heterocycles. The number of carbonyl (C=O) groups is 1.